The summed E-state index contributed by atoms with van der Waals surface area (Å²) in [5.74, 6) is -0.740. The minimum atomic E-state index is -0.398. The van der Waals surface area contributed by atoms with E-state index in [0.717, 1.165) is 31.9 Å². The van der Waals surface area contributed by atoms with Gasteiger partial charge in [-0.15, -0.1) is 0 Å². The van der Waals surface area contributed by atoms with E-state index in [9.17, 15) is 14.0 Å². The van der Waals surface area contributed by atoms with Gasteiger partial charge in [-0.3, -0.25) is 4.79 Å². The number of aromatic amines is 2. The number of imidazole rings is 1. The van der Waals surface area contributed by atoms with E-state index in [1.165, 1.54) is 30.0 Å². The monoisotopic (exact) mass is 431 g/mol. The third kappa shape index (κ3) is 3.94. The van der Waals surface area contributed by atoms with Crippen molar-refractivity contribution in [2.24, 2.45) is 0 Å². The van der Waals surface area contributed by atoms with Crippen molar-refractivity contribution in [1.82, 2.24) is 9.97 Å². The molecule has 4 aromatic rings. The predicted octanol–water partition coefficient (Wildman–Crippen LogP) is 3.57. The summed E-state index contributed by atoms with van der Waals surface area (Å²) in [7, 11) is 0. The molecule has 0 unspecified atom stereocenters. The van der Waals surface area contributed by atoms with Crippen LogP contribution in [0.1, 0.15) is 10.4 Å². The molecule has 2 heterocycles. The molecule has 0 bridgehead atoms. The number of hydrogen-bond donors (Lipinski definition) is 3. The maximum absolute atomic E-state index is 13.2. The highest BCUT2D eigenvalue weighted by molar-refractivity contribution is 6.07. The predicted molar refractivity (Wildman–Crippen MR) is 124 cm³/mol. The van der Waals surface area contributed by atoms with Gasteiger partial charge in [-0.05, 0) is 48.5 Å². The van der Waals surface area contributed by atoms with E-state index in [2.05, 4.69) is 37.2 Å². The summed E-state index contributed by atoms with van der Waals surface area (Å²) in [5.41, 5.74) is 3.94. The lowest BCUT2D eigenvalue weighted by atomic mass is 10.1. The number of halogens is 1. The molecule has 0 radical (unpaired) electrons. The lowest BCUT2D eigenvalue weighted by Crippen LogP contribution is -2.46. The Balaban J connectivity index is 1.43. The normalized spacial score (nSPS) is 14.0. The molecule has 0 atom stereocenters. The molecule has 8 heteroatoms. The molecule has 32 heavy (non-hydrogen) atoms. The number of nitrogens with zero attached hydrogens (tertiary/aromatic N) is 2. The van der Waals surface area contributed by atoms with Crippen molar-refractivity contribution in [3.8, 4) is 0 Å². The van der Waals surface area contributed by atoms with Crippen LogP contribution in [0.25, 0.3) is 11.0 Å². The van der Waals surface area contributed by atoms with Crippen LogP contribution in [0.5, 0.6) is 0 Å². The molecule has 0 saturated carbocycles. The van der Waals surface area contributed by atoms with E-state index in [4.69, 9.17) is 0 Å². The van der Waals surface area contributed by atoms with Crippen LogP contribution in [0.4, 0.5) is 21.5 Å². The molecule has 3 aromatic carbocycles. The zero-order valence-electron chi connectivity index (χ0n) is 17.3. The number of aromatic nitrogens is 2. The fraction of sp³-hybridized carbons (Fsp3) is 0.167. The van der Waals surface area contributed by atoms with E-state index >= 15 is 0 Å². The SMILES string of the molecule is O=C(Nc1cc2[nH]c(=O)[nH]c2cc1N1CCN(c2ccccc2)CC1)c1ccc(F)cc1. The standard InChI is InChI=1S/C24H22FN5O2/c25-17-8-6-16(7-9-17)23(31)26-21-14-19-20(28-24(32)27-19)15-22(21)30-12-10-29(11-13-30)18-4-2-1-3-5-18/h1-9,14-15H,10-13H2,(H,26,31)(H2,27,28,32). The zero-order valence-corrected chi connectivity index (χ0v) is 17.3. The van der Waals surface area contributed by atoms with Crippen LogP contribution in [0.2, 0.25) is 0 Å². The molecule has 5 rings (SSSR count). The van der Waals surface area contributed by atoms with Crippen molar-refractivity contribution in [1.29, 1.82) is 0 Å². The van der Waals surface area contributed by atoms with Crippen molar-refractivity contribution in [2.45, 2.75) is 0 Å². The molecule has 1 aliphatic rings. The quantitative estimate of drug-likeness (QED) is 0.461. The fourth-order valence-electron chi connectivity index (χ4n) is 4.07. The summed E-state index contributed by atoms with van der Waals surface area (Å²) in [5, 5.41) is 2.94. The number of amides is 1. The van der Waals surface area contributed by atoms with Crippen molar-refractivity contribution >= 4 is 34.0 Å². The van der Waals surface area contributed by atoms with Gasteiger partial charge in [-0.25, -0.2) is 9.18 Å². The summed E-state index contributed by atoms with van der Waals surface area (Å²) in [6.45, 7) is 3.18. The third-order valence-electron chi connectivity index (χ3n) is 5.73. The fourth-order valence-corrected chi connectivity index (χ4v) is 4.07. The number of piperazine rings is 1. The van der Waals surface area contributed by atoms with Gasteiger partial charge in [-0.2, -0.15) is 0 Å². The average molecular weight is 431 g/mol. The molecule has 162 valence electrons. The first-order valence-electron chi connectivity index (χ1n) is 10.4. The van der Waals surface area contributed by atoms with Gasteiger partial charge in [0.15, 0.2) is 0 Å². The number of anilines is 3. The molecule has 0 aliphatic carbocycles. The van der Waals surface area contributed by atoms with Gasteiger partial charge in [0.05, 0.1) is 22.4 Å². The number of nitrogens with one attached hydrogen (secondary N) is 3. The maximum atomic E-state index is 13.2. The summed E-state index contributed by atoms with van der Waals surface area (Å²) in [6, 6.07) is 19.3. The smallest absolute Gasteiger partial charge is 0.323 e. The van der Waals surface area contributed by atoms with Gasteiger partial charge in [0, 0.05) is 37.4 Å². The van der Waals surface area contributed by atoms with Gasteiger partial charge in [0.25, 0.3) is 5.91 Å². The number of H-pyrrole nitrogens is 2. The Kier molecular flexibility index (Phi) is 5.10. The highest BCUT2D eigenvalue weighted by Gasteiger charge is 2.22. The van der Waals surface area contributed by atoms with Crippen LogP contribution in [0, 0.1) is 5.82 Å². The third-order valence-corrected chi connectivity index (χ3v) is 5.73. The number of benzene rings is 3. The first-order chi connectivity index (χ1) is 15.6. The highest BCUT2D eigenvalue weighted by Crippen LogP contribution is 2.31. The lowest BCUT2D eigenvalue weighted by molar-refractivity contribution is 0.102. The Morgan fingerprint density at radius 3 is 2.16 bits per heavy atom. The minimum Gasteiger partial charge on any atom is -0.368 e. The molecule has 1 saturated heterocycles. The lowest BCUT2D eigenvalue weighted by Gasteiger charge is -2.38. The number of carbonyl (C=O) groups is 1. The first kappa shape index (κ1) is 19.9. The number of para-hydroxylation sites is 1. The average Bonchev–Trinajstić information content (AvgIpc) is 3.18. The minimum absolute atomic E-state index is 0.304. The Labute approximate surface area is 183 Å². The van der Waals surface area contributed by atoms with E-state index in [1.807, 2.05) is 24.3 Å². The van der Waals surface area contributed by atoms with Crippen LogP contribution < -0.4 is 20.8 Å². The molecule has 0 spiro atoms. The molecule has 1 fully saturated rings. The van der Waals surface area contributed by atoms with Crippen molar-refractivity contribution in [2.75, 3.05) is 41.3 Å². The number of carbonyl (C=O) groups excluding carboxylic acids is 1. The van der Waals surface area contributed by atoms with Crippen molar-refractivity contribution in [3.05, 3.63) is 88.6 Å². The summed E-state index contributed by atoms with van der Waals surface area (Å²) in [4.78, 5) is 34.7. The number of hydrogen-bond acceptors (Lipinski definition) is 4. The van der Waals surface area contributed by atoms with Gasteiger partial charge >= 0.3 is 5.69 Å². The Morgan fingerprint density at radius 1 is 0.844 bits per heavy atom. The molecule has 1 amide bonds. The van der Waals surface area contributed by atoms with Crippen LogP contribution in [-0.2, 0) is 0 Å². The highest BCUT2D eigenvalue weighted by atomic mass is 19.1. The Bertz CT molecular complexity index is 1310. The largest absolute Gasteiger partial charge is 0.368 e. The first-order valence-corrected chi connectivity index (χ1v) is 10.4. The summed E-state index contributed by atoms with van der Waals surface area (Å²) < 4.78 is 13.2. The van der Waals surface area contributed by atoms with Crippen LogP contribution in [0.3, 0.4) is 0 Å². The Hall–Kier alpha value is -4.07. The van der Waals surface area contributed by atoms with E-state index in [-0.39, 0.29) is 11.6 Å². The molecular weight excluding hydrogens is 409 g/mol. The second-order valence-corrected chi connectivity index (χ2v) is 7.76. The molecule has 7 nitrogen and oxygen atoms in total. The Morgan fingerprint density at radius 2 is 1.47 bits per heavy atom. The summed E-state index contributed by atoms with van der Waals surface area (Å²) >= 11 is 0. The zero-order chi connectivity index (χ0) is 22.1. The van der Waals surface area contributed by atoms with E-state index in [1.54, 1.807) is 6.07 Å². The van der Waals surface area contributed by atoms with Crippen LogP contribution >= 0.6 is 0 Å². The second-order valence-electron chi connectivity index (χ2n) is 7.76. The van der Waals surface area contributed by atoms with Crippen LogP contribution in [0.15, 0.2) is 71.5 Å². The molecular formula is C24H22FN5O2. The topological polar surface area (TPSA) is 84.2 Å². The van der Waals surface area contributed by atoms with Crippen LogP contribution in [-0.4, -0.2) is 42.1 Å². The number of rotatable bonds is 4. The molecule has 1 aliphatic heterocycles. The molecule has 1 aromatic heterocycles. The van der Waals surface area contributed by atoms with Crippen molar-refractivity contribution < 1.29 is 9.18 Å². The molecule has 3 N–H and O–H groups in total. The van der Waals surface area contributed by atoms with Gasteiger partial charge in [0.2, 0.25) is 0 Å². The van der Waals surface area contributed by atoms with Gasteiger partial charge in [0.1, 0.15) is 5.82 Å². The summed E-state index contributed by atoms with van der Waals surface area (Å²) in [6.07, 6.45) is 0. The second kappa shape index (κ2) is 8.22. The number of fused-ring (bicyclic) bond motifs is 1. The van der Waals surface area contributed by atoms with Gasteiger partial charge < -0.3 is 25.1 Å². The van der Waals surface area contributed by atoms with E-state index < -0.39 is 5.82 Å². The maximum Gasteiger partial charge on any atom is 0.323 e. The van der Waals surface area contributed by atoms with Crippen molar-refractivity contribution in [3.63, 3.8) is 0 Å². The van der Waals surface area contributed by atoms with Gasteiger partial charge in [-0.1, -0.05) is 18.2 Å². The van der Waals surface area contributed by atoms with E-state index in [0.29, 0.717) is 22.3 Å².